The zero-order chi connectivity index (χ0) is 45.9. The van der Waals surface area contributed by atoms with Crippen LogP contribution in [0.5, 0.6) is 0 Å². The molecule has 0 heterocycles. The average Bonchev–Trinajstić information content (AvgIpc) is 3.27. The largest absolute Gasteiger partial charge is 0.462 e. The van der Waals surface area contributed by atoms with Gasteiger partial charge in [-0.15, -0.1) is 0 Å². The Morgan fingerprint density at radius 1 is 0.302 bits per heavy atom. The van der Waals surface area contributed by atoms with Crippen molar-refractivity contribution in [1.29, 1.82) is 0 Å². The highest BCUT2D eigenvalue weighted by atomic mass is 16.6. The summed E-state index contributed by atoms with van der Waals surface area (Å²) in [5.41, 5.74) is 0. The normalized spacial score (nSPS) is 12.0. The Morgan fingerprint density at radius 2 is 0.524 bits per heavy atom. The number of esters is 3. The van der Waals surface area contributed by atoms with Gasteiger partial charge in [0.1, 0.15) is 13.2 Å². The van der Waals surface area contributed by atoms with Gasteiger partial charge in [-0.05, 0) is 25.2 Å². The zero-order valence-corrected chi connectivity index (χ0v) is 43.0. The summed E-state index contributed by atoms with van der Waals surface area (Å²) in [7, 11) is 0. The molecule has 0 aromatic rings. The van der Waals surface area contributed by atoms with Crippen LogP contribution in [0.1, 0.15) is 323 Å². The lowest BCUT2D eigenvalue weighted by Gasteiger charge is -2.18. The monoisotopic (exact) mass is 891 g/mol. The van der Waals surface area contributed by atoms with Crippen molar-refractivity contribution in [3.63, 3.8) is 0 Å². The average molecular weight is 892 g/mol. The summed E-state index contributed by atoms with van der Waals surface area (Å²) in [6.45, 7) is 9.05. The molecule has 0 radical (unpaired) electrons. The number of ether oxygens (including phenoxy) is 3. The molecule has 0 saturated heterocycles. The summed E-state index contributed by atoms with van der Waals surface area (Å²) in [5.74, 6) is 0.00266. The second kappa shape index (κ2) is 51.4. The maximum Gasteiger partial charge on any atom is 0.306 e. The molecule has 6 heteroatoms. The molecule has 0 saturated carbocycles. The van der Waals surface area contributed by atoms with Crippen LogP contribution < -0.4 is 0 Å². The first-order chi connectivity index (χ1) is 30.9. The van der Waals surface area contributed by atoms with Crippen LogP contribution in [-0.4, -0.2) is 37.2 Å². The van der Waals surface area contributed by atoms with Gasteiger partial charge in [0.15, 0.2) is 6.10 Å². The van der Waals surface area contributed by atoms with Gasteiger partial charge in [-0.2, -0.15) is 0 Å². The van der Waals surface area contributed by atoms with E-state index in [4.69, 9.17) is 14.2 Å². The lowest BCUT2D eigenvalue weighted by molar-refractivity contribution is -0.167. The Balaban J connectivity index is 4.27. The fraction of sp³-hybridized carbons (Fsp3) is 0.947. The predicted octanol–water partition coefficient (Wildman–Crippen LogP) is 18.6. The molecule has 6 nitrogen and oxygen atoms in total. The van der Waals surface area contributed by atoms with Gasteiger partial charge < -0.3 is 14.2 Å². The van der Waals surface area contributed by atoms with Gasteiger partial charge >= 0.3 is 17.9 Å². The van der Waals surface area contributed by atoms with Crippen LogP contribution in [0.4, 0.5) is 0 Å². The maximum absolute atomic E-state index is 12.8. The standard InChI is InChI=1S/C57H110O6/c1-5-7-9-11-13-15-17-19-20-21-22-25-29-32-36-40-44-48-55(58)61-51-54(63-57(60)50-46-42-38-34-28-18-16-14-12-10-8-6-2)52-62-56(59)49-45-41-37-33-30-26-23-24-27-31-35-39-43-47-53(3)4/h53-54H,5-52H2,1-4H3/t54-/m1/s1. The first-order valence-electron chi connectivity index (χ1n) is 28.4. The van der Waals surface area contributed by atoms with Gasteiger partial charge in [0.25, 0.3) is 0 Å². The van der Waals surface area contributed by atoms with E-state index < -0.39 is 6.10 Å². The number of rotatable bonds is 52. The molecule has 0 aromatic carbocycles. The summed E-state index contributed by atoms with van der Waals surface area (Å²) < 4.78 is 16.9. The van der Waals surface area contributed by atoms with E-state index in [1.165, 1.54) is 218 Å². The molecule has 1 atom stereocenters. The Morgan fingerprint density at radius 3 is 0.778 bits per heavy atom. The molecule has 0 amide bonds. The van der Waals surface area contributed by atoms with Crippen LogP contribution in [-0.2, 0) is 28.6 Å². The Hall–Kier alpha value is -1.59. The lowest BCUT2D eigenvalue weighted by atomic mass is 10.0. The third-order valence-corrected chi connectivity index (χ3v) is 13.0. The van der Waals surface area contributed by atoms with Crippen molar-refractivity contribution in [1.82, 2.24) is 0 Å². The molecule has 0 aliphatic heterocycles. The molecule has 0 rings (SSSR count). The highest BCUT2D eigenvalue weighted by Gasteiger charge is 2.19. The van der Waals surface area contributed by atoms with E-state index in [0.29, 0.717) is 19.3 Å². The Kier molecular flexibility index (Phi) is 50.1. The molecule has 0 aliphatic carbocycles. The third-order valence-electron chi connectivity index (χ3n) is 13.0. The van der Waals surface area contributed by atoms with Gasteiger partial charge in [-0.3, -0.25) is 14.4 Å². The predicted molar refractivity (Wildman–Crippen MR) is 270 cm³/mol. The van der Waals surface area contributed by atoms with Crippen LogP contribution in [0.25, 0.3) is 0 Å². The molecule has 0 bridgehead atoms. The number of unbranched alkanes of at least 4 members (excludes halogenated alkanes) is 39. The minimum Gasteiger partial charge on any atom is -0.462 e. The summed E-state index contributed by atoms with van der Waals surface area (Å²) in [6, 6.07) is 0. The van der Waals surface area contributed by atoms with E-state index in [1.807, 2.05) is 0 Å². The summed E-state index contributed by atoms with van der Waals surface area (Å²) in [6.07, 6.45) is 55.2. The molecule has 63 heavy (non-hydrogen) atoms. The van der Waals surface area contributed by atoms with Gasteiger partial charge in [0.2, 0.25) is 0 Å². The first-order valence-corrected chi connectivity index (χ1v) is 28.4. The second-order valence-electron chi connectivity index (χ2n) is 20.1. The van der Waals surface area contributed by atoms with E-state index in [-0.39, 0.29) is 31.1 Å². The molecule has 0 spiro atoms. The van der Waals surface area contributed by atoms with Gasteiger partial charge in [-0.1, -0.05) is 285 Å². The van der Waals surface area contributed by atoms with Crippen molar-refractivity contribution < 1.29 is 28.6 Å². The Bertz CT molecular complexity index is 949. The van der Waals surface area contributed by atoms with Crippen molar-refractivity contribution in [3.8, 4) is 0 Å². The molecular weight excluding hydrogens is 781 g/mol. The van der Waals surface area contributed by atoms with Gasteiger partial charge in [0, 0.05) is 19.3 Å². The summed E-state index contributed by atoms with van der Waals surface area (Å²) >= 11 is 0. The van der Waals surface area contributed by atoms with E-state index in [9.17, 15) is 14.4 Å². The fourth-order valence-electron chi connectivity index (χ4n) is 8.75. The number of carbonyl (C=O) groups excluding carboxylic acids is 3. The zero-order valence-electron chi connectivity index (χ0n) is 43.0. The smallest absolute Gasteiger partial charge is 0.306 e. The topological polar surface area (TPSA) is 78.9 Å². The van der Waals surface area contributed by atoms with E-state index in [1.54, 1.807) is 0 Å². The van der Waals surface area contributed by atoms with Gasteiger partial charge in [-0.25, -0.2) is 0 Å². The molecule has 0 aliphatic rings. The summed E-state index contributed by atoms with van der Waals surface area (Å²) in [4.78, 5) is 38.1. The van der Waals surface area contributed by atoms with E-state index >= 15 is 0 Å². The highest BCUT2D eigenvalue weighted by Crippen LogP contribution is 2.18. The molecule has 374 valence electrons. The van der Waals surface area contributed by atoms with E-state index in [2.05, 4.69) is 27.7 Å². The first kappa shape index (κ1) is 61.4. The van der Waals surface area contributed by atoms with Crippen LogP contribution in [0.3, 0.4) is 0 Å². The minimum absolute atomic E-state index is 0.0619. The number of carbonyl (C=O) groups is 3. The van der Waals surface area contributed by atoms with Crippen LogP contribution in [0.15, 0.2) is 0 Å². The van der Waals surface area contributed by atoms with Crippen LogP contribution >= 0.6 is 0 Å². The van der Waals surface area contributed by atoms with Crippen molar-refractivity contribution in [3.05, 3.63) is 0 Å². The third kappa shape index (κ3) is 51.3. The molecular formula is C57H110O6. The highest BCUT2D eigenvalue weighted by molar-refractivity contribution is 5.71. The molecule has 0 fully saturated rings. The van der Waals surface area contributed by atoms with E-state index in [0.717, 1.165) is 63.7 Å². The van der Waals surface area contributed by atoms with Crippen molar-refractivity contribution in [2.24, 2.45) is 5.92 Å². The quantitative estimate of drug-likeness (QED) is 0.0344. The number of hydrogen-bond acceptors (Lipinski definition) is 6. The second-order valence-corrected chi connectivity index (χ2v) is 20.1. The van der Waals surface area contributed by atoms with Gasteiger partial charge in [0.05, 0.1) is 0 Å². The maximum atomic E-state index is 12.8. The number of hydrogen-bond donors (Lipinski definition) is 0. The minimum atomic E-state index is -0.761. The fourth-order valence-corrected chi connectivity index (χ4v) is 8.75. The molecule has 0 N–H and O–H groups in total. The van der Waals surface area contributed by atoms with Crippen molar-refractivity contribution >= 4 is 17.9 Å². The Labute approximate surface area is 393 Å². The SMILES string of the molecule is CCCCCCCCCCCCCCCCCCCC(=O)OC[C@H](COC(=O)CCCCCCCCCCCCCCCC(C)C)OC(=O)CCCCCCCCCCCCCC. The van der Waals surface area contributed by atoms with Crippen LogP contribution in [0.2, 0.25) is 0 Å². The van der Waals surface area contributed by atoms with Crippen molar-refractivity contribution in [2.45, 2.75) is 329 Å². The lowest BCUT2D eigenvalue weighted by Crippen LogP contribution is -2.30. The van der Waals surface area contributed by atoms with Crippen molar-refractivity contribution in [2.75, 3.05) is 13.2 Å². The summed E-state index contributed by atoms with van der Waals surface area (Å²) in [5, 5.41) is 0. The molecule has 0 aromatic heterocycles. The molecule has 0 unspecified atom stereocenters. The van der Waals surface area contributed by atoms with Crippen LogP contribution in [0, 0.1) is 5.92 Å².